The summed E-state index contributed by atoms with van der Waals surface area (Å²) in [4.78, 5) is 24.1. The molecule has 0 spiro atoms. The van der Waals surface area contributed by atoms with Crippen LogP contribution in [0.4, 0.5) is 10.3 Å². The number of aromatic nitrogens is 3. The first-order valence-electron chi connectivity index (χ1n) is 13.2. The standard InChI is InChI=1S/C28H36FN5O4/c1-16(2)34-22-11-18(25-20(29)12-30-27(32-25)31-21-7-10-38-14-24(21)35)5-6-19(22)26(36)17(3)23(34)13-33-9-8-28(4,37)15-33/h5-6,11-12,16,21,24,35,37H,7-10,13-15H2,1-4H3,(H,30,31,32)/t21-,24-,28+/m1/s1. The SMILES string of the molecule is Cc1c(CN2CC[C@](C)(O)C2)n(C(C)C)c2cc(-c3nc(N[C@@H]4CCOC[C@H]4O)ncc3F)ccc2c1=O. The molecule has 2 saturated heterocycles. The van der Waals surface area contributed by atoms with Crippen LogP contribution in [0, 0.1) is 12.7 Å². The van der Waals surface area contributed by atoms with E-state index in [4.69, 9.17) is 4.74 Å². The fourth-order valence-electron chi connectivity index (χ4n) is 5.60. The number of likely N-dealkylation sites (tertiary alicyclic amines) is 1. The van der Waals surface area contributed by atoms with Crippen molar-refractivity contribution in [3.63, 3.8) is 0 Å². The first kappa shape index (κ1) is 26.7. The summed E-state index contributed by atoms with van der Waals surface area (Å²) in [5, 5.41) is 24.3. The zero-order valence-corrected chi connectivity index (χ0v) is 22.4. The van der Waals surface area contributed by atoms with Crippen molar-refractivity contribution < 1.29 is 19.3 Å². The van der Waals surface area contributed by atoms with Crippen LogP contribution in [-0.2, 0) is 11.3 Å². The summed E-state index contributed by atoms with van der Waals surface area (Å²) >= 11 is 0. The predicted octanol–water partition coefficient (Wildman–Crippen LogP) is 3.01. The highest BCUT2D eigenvalue weighted by atomic mass is 19.1. The second kappa shape index (κ2) is 10.3. The molecule has 2 fully saturated rings. The molecule has 0 radical (unpaired) electrons. The molecule has 3 N–H and O–H groups in total. The van der Waals surface area contributed by atoms with Gasteiger partial charge < -0.3 is 24.8 Å². The fraction of sp³-hybridized carbons (Fsp3) is 0.536. The number of nitrogens with one attached hydrogen (secondary N) is 1. The van der Waals surface area contributed by atoms with Gasteiger partial charge in [0.05, 0.1) is 36.1 Å². The predicted molar refractivity (Wildman–Crippen MR) is 144 cm³/mol. The number of aliphatic hydroxyl groups is 2. The number of aliphatic hydroxyl groups excluding tert-OH is 1. The van der Waals surface area contributed by atoms with E-state index in [0.29, 0.717) is 54.6 Å². The molecule has 0 amide bonds. The lowest BCUT2D eigenvalue weighted by Crippen LogP contribution is -2.42. The van der Waals surface area contributed by atoms with Gasteiger partial charge in [-0.3, -0.25) is 9.69 Å². The number of hydrogen-bond acceptors (Lipinski definition) is 8. The summed E-state index contributed by atoms with van der Waals surface area (Å²) in [6.07, 6.45) is 1.69. The molecule has 5 rings (SSSR count). The van der Waals surface area contributed by atoms with Crippen LogP contribution in [0.15, 0.2) is 29.2 Å². The van der Waals surface area contributed by atoms with E-state index in [1.165, 1.54) is 0 Å². The van der Waals surface area contributed by atoms with Crippen molar-refractivity contribution in [3.8, 4) is 11.3 Å². The van der Waals surface area contributed by atoms with Crippen LogP contribution in [0.2, 0.25) is 0 Å². The van der Waals surface area contributed by atoms with Crippen LogP contribution < -0.4 is 10.7 Å². The molecule has 3 atom stereocenters. The van der Waals surface area contributed by atoms with Crippen molar-refractivity contribution in [2.75, 3.05) is 31.6 Å². The molecule has 9 nitrogen and oxygen atoms in total. The van der Waals surface area contributed by atoms with E-state index < -0.39 is 17.5 Å². The fourth-order valence-corrected chi connectivity index (χ4v) is 5.60. The number of anilines is 1. The Labute approximate surface area is 221 Å². The Bertz CT molecular complexity index is 1410. The van der Waals surface area contributed by atoms with Crippen molar-refractivity contribution in [1.29, 1.82) is 0 Å². The normalized spacial score (nSPS) is 24.4. The molecule has 2 aliphatic rings. The van der Waals surface area contributed by atoms with E-state index in [9.17, 15) is 15.0 Å². The molecule has 38 heavy (non-hydrogen) atoms. The van der Waals surface area contributed by atoms with Gasteiger partial charge in [0.15, 0.2) is 11.2 Å². The van der Waals surface area contributed by atoms with Crippen molar-refractivity contribution in [1.82, 2.24) is 19.4 Å². The Morgan fingerprint density at radius 3 is 2.82 bits per heavy atom. The van der Waals surface area contributed by atoms with Gasteiger partial charge in [-0.15, -0.1) is 0 Å². The Hall–Kier alpha value is -2.92. The molecule has 0 saturated carbocycles. The molecule has 0 unspecified atom stereocenters. The third kappa shape index (κ3) is 5.18. The van der Waals surface area contributed by atoms with Gasteiger partial charge >= 0.3 is 0 Å². The van der Waals surface area contributed by atoms with E-state index >= 15 is 4.39 Å². The number of hydrogen-bond donors (Lipinski definition) is 3. The molecule has 0 aliphatic carbocycles. The number of rotatable bonds is 6. The van der Waals surface area contributed by atoms with Gasteiger partial charge in [0.1, 0.15) is 5.69 Å². The van der Waals surface area contributed by atoms with Gasteiger partial charge in [-0.05, 0) is 52.7 Å². The van der Waals surface area contributed by atoms with E-state index in [1.54, 1.807) is 12.1 Å². The van der Waals surface area contributed by atoms with Crippen molar-refractivity contribution in [2.24, 2.45) is 0 Å². The monoisotopic (exact) mass is 525 g/mol. The minimum atomic E-state index is -0.738. The number of pyridine rings is 1. The lowest BCUT2D eigenvalue weighted by atomic mass is 10.0. The van der Waals surface area contributed by atoms with Gasteiger partial charge in [0.2, 0.25) is 5.95 Å². The van der Waals surface area contributed by atoms with Crippen LogP contribution in [0.25, 0.3) is 22.2 Å². The third-order valence-electron chi connectivity index (χ3n) is 7.65. The second-order valence-electron chi connectivity index (χ2n) is 11.1. The van der Waals surface area contributed by atoms with Crippen LogP contribution in [0.1, 0.15) is 50.9 Å². The summed E-state index contributed by atoms with van der Waals surface area (Å²) in [6.45, 7) is 10.4. The van der Waals surface area contributed by atoms with E-state index in [-0.39, 0.29) is 35.8 Å². The van der Waals surface area contributed by atoms with Crippen LogP contribution in [0.5, 0.6) is 0 Å². The number of β-amino-alcohol motifs (C(OH)–C–C–N with tert-alkyl or cyclic N) is 1. The smallest absolute Gasteiger partial charge is 0.223 e. The highest BCUT2D eigenvalue weighted by Crippen LogP contribution is 2.30. The Balaban J connectivity index is 1.57. The Morgan fingerprint density at radius 2 is 2.13 bits per heavy atom. The summed E-state index contributed by atoms with van der Waals surface area (Å²) in [5.74, 6) is -0.355. The summed E-state index contributed by atoms with van der Waals surface area (Å²) in [5.41, 5.74) is 2.14. The Kier molecular flexibility index (Phi) is 7.25. The maximum Gasteiger partial charge on any atom is 0.223 e. The molecular formula is C28H36FN5O4. The number of halogens is 1. The van der Waals surface area contributed by atoms with Gasteiger partial charge in [-0.25, -0.2) is 14.4 Å². The van der Waals surface area contributed by atoms with E-state index in [2.05, 4.69) is 38.6 Å². The number of benzene rings is 1. The lowest BCUT2D eigenvalue weighted by molar-refractivity contribution is -0.0136. The van der Waals surface area contributed by atoms with Gasteiger partial charge in [-0.2, -0.15) is 0 Å². The van der Waals surface area contributed by atoms with Crippen molar-refractivity contribution in [3.05, 3.63) is 51.7 Å². The molecule has 1 aromatic carbocycles. The first-order valence-corrected chi connectivity index (χ1v) is 13.2. The molecule has 4 heterocycles. The van der Waals surface area contributed by atoms with Crippen molar-refractivity contribution >= 4 is 16.9 Å². The minimum absolute atomic E-state index is 0.0349. The van der Waals surface area contributed by atoms with Crippen LogP contribution >= 0.6 is 0 Å². The Morgan fingerprint density at radius 1 is 1.34 bits per heavy atom. The van der Waals surface area contributed by atoms with E-state index in [0.717, 1.165) is 18.4 Å². The van der Waals surface area contributed by atoms with Gasteiger partial charge in [0, 0.05) is 54.5 Å². The summed E-state index contributed by atoms with van der Waals surface area (Å²) in [7, 11) is 0. The minimum Gasteiger partial charge on any atom is -0.389 e. The van der Waals surface area contributed by atoms with Gasteiger partial charge in [-0.1, -0.05) is 6.07 Å². The highest BCUT2D eigenvalue weighted by Gasteiger charge is 2.32. The average Bonchev–Trinajstić information content (AvgIpc) is 3.22. The molecule has 0 bridgehead atoms. The third-order valence-corrected chi connectivity index (χ3v) is 7.65. The van der Waals surface area contributed by atoms with Crippen molar-refractivity contribution in [2.45, 2.75) is 70.9 Å². The van der Waals surface area contributed by atoms with Crippen LogP contribution in [0.3, 0.4) is 0 Å². The van der Waals surface area contributed by atoms with Crippen LogP contribution in [-0.4, -0.2) is 73.7 Å². The topological polar surface area (TPSA) is 113 Å². The molecule has 204 valence electrons. The zero-order chi connectivity index (χ0) is 27.2. The zero-order valence-electron chi connectivity index (χ0n) is 22.4. The average molecular weight is 526 g/mol. The molecule has 3 aromatic rings. The van der Waals surface area contributed by atoms with Gasteiger partial charge in [0.25, 0.3) is 0 Å². The molecule has 10 heteroatoms. The number of ether oxygens (including phenoxy) is 1. The number of fused-ring (bicyclic) bond motifs is 1. The summed E-state index contributed by atoms with van der Waals surface area (Å²) < 4.78 is 22.4. The number of nitrogens with zero attached hydrogens (tertiary/aromatic N) is 4. The first-order chi connectivity index (χ1) is 18.0. The molecular weight excluding hydrogens is 489 g/mol. The van der Waals surface area contributed by atoms with E-state index in [1.807, 2.05) is 19.9 Å². The maximum absolute atomic E-state index is 15.0. The second-order valence-corrected chi connectivity index (χ2v) is 11.1. The molecule has 2 aliphatic heterocycles. The quantitative estimate of drug-likeness (QED) is 0.450. The largest absolute Gasteiger partial charge is 0.389 e. The molecule has 2 aromatic heterocycles. The summed E-state index contributed by atoms with van der Waals surface area (Å²) in [6, 6.07) is 5.01. The lowest BCUT2D eigenvalue weighted by Gasteiger charge is -2.28. The highest BCUT2D eigenvalue weighted by molar-refractivity contribution is 5.85. The maximum atomic E-state index is 15.0.